The third kappa shape index (κ3) is 2.54. The van der Waals surface area contributed by atoms with Crippen molar-refractivity contribution in [3.8, 4) is 17.2 Å². The van der Waals surface area contributed by atoms with E-state index in [1.165, 1.54) is 5.56 Å². The molecule has 2 aliphatic rings. The molecule has 0 bridgehead atoms. The highest BCUT2D eigenvalue weighted by Crippen LogP contribution is 2.49. The molecule has 6 heteroatoms. The summed E-state index contributed by atoms with van der Waals surface area (Å²) in [4.78, 5) is 2.26. The van der Waals surface area contributed by atoms with E-state index in [2.05, 4.69) is 23.3 Å². The van der Waals surface area contributed by atoms with Gasteiger partial charge in [-0.1, -0.05) is 17.7 Å². The number of fused-ring (bicyclic) bond motifs is 2. The second kappa shape index (κ2) is 6.07. The molecule has 0 saturated heterocycles. The van der Waals surface area contributed by atoms with Gasteiger partial charge in [0.1, 0.15) is 6.17 Å². The number of likely N-dealkylation sites (N-methyl/N-ethyl adjacent to an activating group) is 1. The van der Waals surface area contributed by atoms with Gasteiger partial charge in [0.25, 0.3) is 0 Å². The summed E-state index contributed by atoms with van der Waals surface area (Å²) in [6.45, 7) is 1.17. The van der Waals surface area contributed by atoms with Gasteiger partial charge in [-0.25, -0.2) is 0 Å². The van der Waals surface area contributed by atoms with E-state index in [0.29, 0.717) is 10.8 Å². The molecule has 1 atom stereocenters. The van der Waals surface area contributed by atoms with E-state index in [9.17, 15) is 0 Å². The quantitative estimate of drug-likeness (QED) is 0.918. The minimum Gasteiger partial charge on any atom is -0.492 e. The third-order valence-electron chi connectivity index (χ3n) is 4.52. The van der Waals surface area contributed by atoms with Crippen molar-refractivity contribution in [3.63, 3.8) is 0 Å². The zero-order valence-corrected chi connectivity index (χ0v) is 14.4. The van der Waals surface area contributed by atoms with Crippen LogP contribution in [-0.2, 0) is 6.42 Å². The number of anilines is 1. The first kappa shape index (κ1) is 15.4. The highest BCUT2D eigenvalue weighted by atomic mass is 35.5. The molecule has 2 heterocycles. The van der Waals surface area contributed by atoms with Gasteiger partial charge in [-0.05, 0) is 43.3 Å². The molecule has 1 N–H and O–H groups in total. The standard InChI is InChI=1S/C18H19ClN2O3/c1-21-7-6-11-8-14-16(24-10-23-14)17(22-2)15(11)18(21)20-13-5-3-4-12(19)9-13/h3-5,8-9,18,20H,6-7,10H2,1-2H3/t18-/m1/s1. The normalized spacial score (nSPS) is 19.0. The van der Waals surface area contributed by atoms with Crippen LogP contribution >= 0.6 is 11.6 Å². The number of nitrogens with one attached hydrogen (secondary N) is 1. The predicted octanol–water partition coefficient (Wildman–Crippen LogP) is 3.68. The maximum absolute atomic E-state index is 6.12. The van der Waals surface area contributed by atoms with Crippen LogP contribution in [0, 0.1) is 0 Å². The van der Waals surface area contributed by atoms with Gasteiger partial charge in [0.15, 0.2) is 11.5 Å². The van der Waals surface area contributed by atoms with Gasteiger partial charge >= 0.3 is 0 Å². The molecule has 4 rings (SSSR count). The number of nitrogens with zero attached hydrogens (tertiary/aromatic N) is 1. The Morgan fingerprint density at radius 1 is 1.29 bits per heavy atom. The molecule has 0 fully saturated rings. The maximum Gasteiger partial charge on any atom is 0.231 e. The fourth-order valence-electron chi connectivity index (χ4n) is 3.35. The highest BCUT2D eigenvalue weighted by molar-refractivity contribution is 6.30. The molecule has 2 aromatic rings. The topological polar surface area (TPSA) is 43.0 Å². The Bertz CT molecular complexity index is 781. The number of methoxy groups -OCH3 is 1. The van der Waals surface area contributed by atoms with Crippen molar-refractivity contribution in [2.24, 2.45) is 0 Å². The predicted molar refractivity (Wildman–Crippen MR) is 93.3 cm³/mol. The van der Waals surface area contributed by atoms with Crippen LogP contribution in [0.25, 0.3) is 0 Å². The number of rotatable bonds is 3. The molecule has 0 aromatic heterocycles. The van der Waals surface area contributed by atoms with Gasteiger partial charge in [-0.15, -0.1) is 0 Å². The molecule has 126 valence electrons. The minimum atomic E-state index is -0.0309. The average Bonchev–Trinajstić information content (AvgIpc) is 3.04. The number of ether oxygens (including phenoxy) is 3. The zero-order valence-electron chi connectivity index (χ0n) is 13.6. The molecule has 5 nitrogen and oxygen atoms in total. The van der Waals surface area contributed by atoms with Crippen LogP contribution in [0.15, 0.2) is 30.3 Å². The molecule has 0 radical (unpaired) electrons. The summed E-state index contributed by atoms with van der Waals surface area (Å²) in [5.74, 6) is 2.19. The van der Waals surface area contributed by atoms with Gasteiger partial charge in [0, 0.05) is 22.8 Å². The van der Waals surface area contributed by atoms with Gasteiger partial charge in [0.05, 0.1) is 7.11 Å². The van der Waals surface area contributed by atoms with Crippen molar-refractivity contribution in [3.05, 3.63) is 46.5 Å². The van der Waals surface area contributed by atoms with Crippen LogP contribution in [0.4, 0.5) is 5.69 Å². The summed E-state index contributed by atoms with van der Waals surface area (Å²) in [5.41, 5.74) is 3.27. The Hall–Kier alpha value is -2.11. The van der Waals surface area contributed by atoms with Crippen molar-refractivity contribution < 1.29 is 14.2 Å². The van der Waals surface area contributed by atoms with Gasteiger partial charge < -0.3 is 19.5 Å². The van der Waals surface area contributed by atoms with Crippen molar-refractivity contribution in [1.29, 1.82) is 0 Å². The van der Waals surface area contributed by atoms with Crippen LogP contribution in [-0.4, -0.2) is 32.4 Å². The molecular formula is C18H19ClN2O3. The lowest BCUT2D eigenvalue weighted by Gasteiger charge is -2.36. The largest absolute Gasteiger partial charge is 0.492 e. The van der Waals surface area contributed by atoms with E-state index < -0.39 is 0 Å². The second-order valence-electron chi connectivity index (χ2n) is 6.00. The number of benzene rings is 2. The van der Waals surface area contributed by atoms with Crippen LogP contribution in [0.1, 0.15) is 17.3 Å². The number of hydrogen-bond donors (Lipinski definition) is 1. The van der Waals surface area contributed by atoms with Crippen molar-refractivity contribution in [2.75, 3.05) is 32.8 Å². The van der Waals surface area contributed by atoms with Gasteiger partial charge in [0.2, 0.25) is 12.5 Å². The lowest BCUT2D eigenvalue weighted by atomic mass is 9.94. The Kier molecular flexibility index (Phi) is 3.90. The van der Waals surface area contributed by atoms with E-state index in [1.54, 1.807) is 7.11 Å². The highest BCUT2D eigenvalue weighted by Gasteiger charge is 2.33. The zero-order chi connectivity index (χ0) is 16.7. The van der Waals surface area contributed by atoms with E-state index in [-0.39, 0.29) is 13.0 Å². The summed E-state index contributed by atoms with van der Waals surface area (Å²) in [6.07, 6.45) is 0.906. The lowest BCUT2D eigenvalue weighted by molar-refractivity contribution is 0.170. The number of halogens is 1. The molecule has 24 heavy (non-hydrogen) atoms. The Balaban J connectivity index is 1.79. The monoisotopic (exact) mass is 346 g/mol. The first-order chi connectivity index (χ1) is 11.7. The SMILES string of the molecule is COc1c2c(cc3c1[C@H](Nc1cccc(Cl)c1)N(C)CC3)OCO2. The molecule has 0 amide bonds. The number of hydrogen-bond acceptors (Lipinski definition) is 5. The van der Waals surface area contributed by atoms with Crippen LogP contribution < -0.4 is 19.5 Å². The third-order valence-corrected chi connectivity index (χ3v) is 4.76. The summed E-state index contributed by atoms with van der Waals surface area (Å²) < 4.78 is 16.9. The van der Waals surface area contributed by atoms with E-state index >= 15 is 0 Å². The van der Waals surface area contributed by atoms with Crippen LogP contribution in [0.3, 0.4) is 0 Å². The summed E-state index contributed by atoms with van der Waals surface area (Å²) in [6, 6.07) is 9.80. The van der Waals surface area contributed by atoms with E-state index in [1.807, 2.05) is 24.3 Å². The van der Waals surface area contributed by atoms with Crippen LogP contribution in [0.2, 0.25) is 5.02 Å². The smallest absolute Gasteiger partial charge is 0.231 e. The maximum atomic E-state index is 6.12. The average molecular weight is 347 g/mol. The molecule has 0 spiro atoms. The Morgan fingerprint density at radius 2 is 2.17 bits per heavy atom. The van der Waals surface area contributed by atoms with Gasteiger partial charge in [-0.2, -0.15) is 0 Å². The molecule has 0 saturated carbocycles. The lowest BCUT2D eigenvalue weighted by Crippen LogP contribution is -2.37. The molecule has 2 aliphatic heterocycles. The van der Waals surface area contributed by atoms with Gasteiger partial charge in [-0.3, -0.25) is 4.90 Å². The summed E-state index contributed by atoms with van der Waals surface area (Å²) in [5, 5.41) is 4.26. The van der Waals surface area contributed by atoms with Crippen molar-refractivity contribution in [1.82, 2.24) is 4.90 Å². The fraction of sp³-hybridized carbons (Fsp3) is 0.333. The summed E-state index contributed by atoms with van der Waals surface area (Å²) >= 11 is 6.12. The Labute approximate surface area is 146 Å². The Morgan fingerprint density at radius 3 is 2.96 bits per heavy atom. The molecule has 0 aliphatic carbocycles. The molecular weight excluding hydrogens is 328 g/mol. The van der Waals surface area contributed by atoms with Crippen molar-refractivity contribution >= 4 is 17.3 Å². The first-order valence-corrected chi connectivity index (χ1v) is 8.27. The second-order valence-corrected chi connectivity index (χ2v) is 6.44. The van der Waals surface area contributed by atoms with Crippen LogP contribution in [0.5, 0.6) is 17.2 Å². The fourth-order valence-corrected chi connectivity index (χ4v) is 3.54. The molecule has 2 aromatic carbocycles. The van der Waals surface area contributed by atoms with Crippen molar-refractivity contribution in [2.45, 2.75) is 12.6 Å². The van der Waals surface area contributed by atoms with E-state index in [0.717, 1.165) is 35.7 Å². The first-order valence-electron chi connectivity index (χ1n) is 7.89. The minimum absolute atomic E-state index is 0.0309. The molecule has 0 unspecified atom stereocenters. The summed E-state index contributed by atoms with van der Waals surface area (Å²) in [7, 11) is 3.76. The van der Waals surface area contributed by atoms with E-state index in [4.69, 9.17) is 25.8 Å².